The first kappa shape index (κ1) is 45.9. The molecular weight excluding hydrogens is 1030 g/mol. The van der Waals surface area contributed by atoms with Gasteiger partial charge in [0.2, 0.25) is 0 Å². The average Bonchev–Trinajstić information content (AvgIpc) is 0.782. The van der Waals surface area contributed by atoms with E-state index in [9.17, 15) is 0 Å². The van der Waals surface area contributed by atoms with Crippen molar-refractivity contribution in [3.05, 3.63) is 411 Å². The number of hydrogen-bond acceptors (Lipinski definition) is 0. The molecule has 13 aromatic rings. The number of fused-ring (bicyclic) bond motifs is 2. The second kappa shape index (κ2) is 16.6. The van der Waals surface area contributed by atoms with Crippen LogP contribution in [0, 0.1) is 23.7 Å². The molecule has 0 radical (unpaired) electrons. The molecule has 12 aliphatic rings. The molecule has 394 valence electrons. The van der Waals surface area contributed by atoms with Gasteiger partial charge in [0.15, 0.2) is 0 Å². The van der Waals surface area contributed by atoms with E-state index in [0.29, 0.717) is 0 Å². The smallest absolute Gasteiger partial charge is 0.0406 e. The van der Waals surface area contributed by atoms with Gasteiger partial charge in [-0.2, -0.15) is 0 Å². The third-order valence-electron chi connectivity index (χ3n) is 21.8. The van der Waals surface area contributed by atoms with Crippen molar-refractivity contribution in [1.29, 1.82) is 0 Å². The quantitative estimate of drug-likeness (QED) is 0.105. The Morgan fingerprint density at radius 3 is 0.488 bits per heavy atom. The van der Waals surface area contributed by atoms with Gasteiger partial charge in [0.05, 0.1) is 0 Å². The van der Waals surface area contributed by atoms with E-state index in [-0.39, 0.29) is 47.3 Å². The van der Waals surface area contributed by atoms with Crippen LogP contribution in [0.4, 0.5) is 0 Å². The van der Waals surface area contributed by atoms with Crippen LogP contribution in [0.2, 0.25) is 0 Å². The van der Waals surface area contributed by atoms with E-state index >= 15 is 0 Å². The molecule has 0 spiro atoms. The predicted octanol–water partition coefficient (Wildman–Crippen LogP) is 18.7. The summed E-state index contributed by atoms with van der Waals surface area (Å²) < 4.78 is 0. The van der Waals surface area contributed by atoms with Gasteiger partial charge in [0.1, 0.15) is 0 Å². The van der Waals surface area contributed by atoms with Gasteiger partial charge in [-0.1, -0.05) is 278 Å². The van der Waals surface area contributed by atoms with E-state index in [4.69, 9.17) is 0 Å². The molecule has 8 bridgehead atoms. The Morgan fingerprint density at radius 1 is 0.151 bits per heavy atom. The summed E-state index contributed by atoms with van der Waals surface area (Å²) in [6.07, 6.45) is 0. The first-order valence-corrected chi connectivity index (χ1v) is 30.9. The first-order valence-electron chi connectivity index (χ1n) is 30.9. The highest BCUT2D eigenvalue weighted by molar-refractivity contribution is 6.10. The third kappa shape index (κ3) is 5.65. The normalized spacial score (nSPS) is 20.8. The molecule has 0 fully saturated rings. The minimum Gasteiger partial charge on any atom is -0.0619 e. The van der Waals surface area contributed by atoms with Gasteiger partial charge in [-0.15, -0.1) is 0 Å². The van der Waals surface area contributed by atoms with Crippen LogP contribution in [0.3, 0.4) is 0 Å². The SMILES string of the molecule is C(#Cc1c2ccccc2c(C#Cc2c3c(cc4c2C2c5ccccc5C4c4ccccc42)C2c4ccccc4C3c3ccccc32)c2ccccc12)c1c2c(cc3c1C1c4ccccc4C3c3ccccc31)C1c3ccccc3C2c2ccccc21. The topological polar surface area (TPSA) is 0 Å². The Labute approximate surface area is 500 Å². The lowest BCUT2D eigenvalue weighted by Gasteiger charge is -2.47. The van der Waals surface area contributed by atoms with Crippen LogP contribution in [0.1, 0.15) is 203 Å². The fraction of sp³-hybridized carbons (Fsp3) is 0.0930. The Bertz CT molecular complexity index is 4610. The molecule has 0 atom stereocenters. The zero-order valence-corrected chi connectivity index (χ0v) is 46.9. The zero-order valence-electron chi connectivity index (χ0n) is 46.9. The Morgan fingerprint density at radius 2 is 0.302 bits per heavy atom. The van der Waals surface area contributed by atoms with Crippen LogP contribution in [-0.4, -0.2) is 0 Å². The molecule has 13 aromatic carbocycles. The van der Waals surface area contributed by atoms with E-state index in [0.717, 1.165) is 32.7 Å². The van der Waals surface area contributed by atoms with E-state index in [1.54, 1.807) is 0 Å². The summed E-state index contributed by atoms with van der Waals surface area (Å²) in [5.41, 5.74) is 38.5. The molecule has 0 saturated heterocycles. The summed E-state index contributed by atoms with van der Waals surface area (Å²) in [5.74, 6) is 17.4. The molecule has 0 N–H and O–H groups in total. The molecule has 25 rings (SSSR count). The van der Waals surface area contributed by atoms with Gasteiger partial charge in [0.25, 0.3) is 0 Å². The van der Waals surface area contributed by atoms with E-state index in [1.807, 2.05) is 0 Å². The Balaban J connectivity index is 0.822. The summed E-state index contributed by atoms with van der Waals surface area (Å²) in [7, 11) is 0. The van der Waals surface area contributed by atoms with Gasteiger partial charge >= 0.3 is 0 Å². The molecule has 12 aliphatic carbocycles. The largest absolute Gasteiger partial charge is 0.0619 e. The monoisotopic (exact) mass is 1080 g/mol. The molecule has 86 heavy (non-hydrogen) atoms. The molecule has 0 nitrogen and oxygen atoms in total. The van der Waals surface area contributed by atoms with Gasteiger partial charge < -0.3 is 0 Å². The highest BCUT2D eigenvalue weighted by atomic mass is 14.5. The molecule has 0 unspecified atom stereocenters. The van der Waals surface area contributed by atoms with Crippen molar-refractivity contribution in [2.45, 2.75) is 47.3 Å². The van der Waals surface area contributed by atoms with E-state index < -0.39 is 0 Å². The van der Waals surface area contributed by atoms with Crippen LogP contribution in [-0.2, 0) is 0 Å². The standard InChI is InChI=1S/C86H50/c1-2-22-48-47(21-1)51(41-43-69-83-71(75-53-25-5-13-33-61(53)79(83)62-34-14-6-26-54(62)75)45-72-76-55-27-7-15-35-63(55)80(84(69)72)64-36-16-8-28-56(64)76)49-23-3-4-24-50(49)52(48)42-44-70-85-73(77-57-29-9-17-37-65(57)81(85)66-38-18-10-30-58(66)77)46-74-78-59-31-11-19-39-67(59)82(86(70)74)68-40-20-12-32-60(68)78/h1-40,45-46,75-82H. The lowest BCUT2D eigenvalue weighted by molar-refractivity contribution is 0.713. The second-order valence-corrected chi connectivity index (χ2v) is 25.4. The molecule has 0 aliphatic heterocycles. The maximum atomic E-state index is 4.22. The van der Waals surface area contributed by atoms with E-state index in [1.165, 1.54) is 145 Å². The van der Waals surface area contributed by atoms with Gasteiger partial charge in [0, 0.05) is 69.6 Å². The highest BCUT2D eigenvalue weighted by Gasteiger charge is 2.51. The lowest BCUT2D eigenvalue weighted by atomic mass is 9.55. The predicted molar refractivity (Wildman–Crippen MR) is 345 cm³/mol. The maximum absolute atomic E-state index is 4.22. The lowest BCUT2D eigenvalue weighted by Crippen LogP contribution is -2.33. The van der Waals surface area contributed by atoms with Crippen LogP contribution in [0.5, 0.6) is 0 Å². The summed E-state index contributed by atoms with van der Waals surface area (Å²) in [4.78, 5) is 0. The van der Waals surface area contributed by atoms with Gasteiger partial charge in [-0.25, -0.2) is 0 Å². The number of hydrogen-bond donors (Lipinski definition) is 0. The van der Waals surface area contributed by atoms with E-state index in [2.05, 4.69) is 278 Å². The van der Waals surface area contributed by atoms with Crippen molar-refractivity contribution < 1.29 is 0 Å². The minimum absolute atomic E-state index is 0.0675. The minimum atomic E-state index is 0.0675. The molecule has 0 heteroatoms. The van der Waals surface area contributed by atoms with Crippen LogP contribution < -0.4 is 0 Å². The highest BCUT2D eigenvalue weighted by Crippen LogP contribution is 2.65. The molecule has 0 heterocycles. The molecule has 0 amide bonds. The average molecular weight is 1080 g/mol. The summed E-state index contributed by atoms with van der Waals surface area (Å²) in [5, 5.41) is 4.54. The summed E-state index contributed by atoms with van der Waals surface area (Å²) in [6.45, 7) is 0. The fourth-order valence-corrected chi connectivity index (χ4v) is 18.8. The Kier molecular flexibility index (Phi) is 8.89. The van der Waals surface area contributed by atoms with Crippen molar-refractivity contribution in [3.63, 3.8) is 0 Å². The van der Waals surface area contributed by atoms with Crippen LogP contribution in [0.15, 0.2) is 255 Å². The van der Waals surface area contributed by atoms with Crippen molar-refractivity contribution in [3.8, 4) is 23.7 Å². The zero-order chi connectivity index (χ0) is 55.6. The molecule has 0 aromatic heterocycles. The van der Waals surface area contributed by atoms with Crippen LogP contribution >= 0.6 is 0 Å². The first-order chi connectivity index (χ1) is 42.8. The second-order valence-electron chi connectivity index (χ2n) is 25.4. The van der Waals surface area contributed by atoms with Crippen molar-refractivity contribution in [2.24, 2.45) is 0 Å². The summed E-state index contributed by atoms with van der Waals surface area (Å²) in [6, 6.07) is 97.5. The van der Waals surface area contributed by atoms with Crippen LogP contribution in [0.25, 0.3) is 21.5 Å². The summed E-state index contributed by atoms with van der Waals surface area (Å²) >= 11 is 0. The van der Waals surface area contributed by atoms with Crippen molar-refractivity contribution in [2.75, 3.05) is 0 Å². The van der Waals surface area contributed by atoms with Gasteiger partial charge in [-0.05, 0) is 155 Å². The Hall–Kier alpha value is -10.5. The third-order valence-corrected chi connectivity index (χ3v) is 21.8. The van der Waals surface area contributed by atoms with Crippen molar-refractivity contribution >= 4 is 21.5 Å². The number of benzene rings is 13. The van der Waals surface area contributed by atoms with Gasteiger partial charge in [-0.3, -0.25) is 0 Å². The van der Waals surface area contributed by atoms with Crippen molar-refractivity contribution in [1.82, 2.24) is 0 Å². The fourth-order valence-electron chi connectivity index (χ4n) is 18.8. The molecule has 0 saturated carbocycles. The molecular formula is C86H50. The number of rotatable bonds is 0. The maximum Gasteiger partial charge on any atom is 0.0406 e.